The first-order valence-electron chi connectivity index (χ1n) is 9.19. The third kappa shape index (κ3) is 6.58. The Balaban J connectivity index is 2.39. The Labute approximate surface area is 127 Å². The van der Waals surface area contributed by atoms with Gasteiger partial charge in [0, 0.05) is 18.6 Å². The molecule has 0 radical (unpaired) electrons. The SMILES string of the molecule is CCCCC(CCC)NC(C)C1CCCN(CCC)C1. The van der Waals surface area contributed by atoms with Gasteiger partial charge in [-0.05, 0) is 58.0 Å². The second-order valence-electron chi connectivity index (χ2n) is 6.79. The third-order valence-electron chi connectivity index (χ3n) is 4.83. The Bertz CT molecular complexity index is 227. The first-order chi connectivity index (χ1) is 9.71. The number of rotatable bonds is 10. The standard InChI is InChI=1S/C18H38N2/c1-5-8-12-18(10-6-2)19-16(4)17-11-9-14-20(15-17)13-7-3/h16-19H,5-15H2,1-4H3. The van der Waals surface area contributed by atoms with Gasteiger partial charge in [0.25, 0.3) is 0 Å². The highest BCUT2D eigenvalue weighted by Gasteiger charge is 2.25. The molecule has 1 rings (SSSR count). The summed E-state index contributed by atoms with van der Waals surface area (Å²) in [4.78, 5) is 2.67. The van der Waals surface area contributed by atoms with Crippen molar-refractivity contribution in [2.75, 3.05) is 19.6 Å². The van der Waals surface area contributed by atoms with Gasteiger partial charge in [-0.3, -0.25) is 0 Å². The summed E-state index contributed by atoms with van der Waals surface area (Å²) in [5, 5.41) is 3.96. The fourth-order valence-corrected chi connectivity index (χ4v) is 3.64. The van der Waals surface area contributed by atoms with E-state index in [9.17, 15) is 0 Å². The van der Waals surface area contributed by atoms with Gasteiger partial charge < -0.3 is 10.2 Å². The maximum Gasteiger partial charge on any atom is 0.00818 e. The van der Waals surface area contributed by atoms with Crippen LogP contribution in [0.2, 0.25) is 0 Å². The monoisotopic (exact) mass is 282 g/mol. The van der Waals surface area contributed by atoms with E-state index in [1.54, 1.807) is 0 Å². The lowest BCUT2D eigenvalue weighted by molar-refractivity contribution is 0.145. The lowest BCUT2D eigenvalue weighted by Gasteiger charge is -2.37. The zero-order chi connectivity index (χ0) is 14.8. The van der Waals surface area contributed by atoms with Gasteiger partial charge in [-0.15, -0.1) is 0 Å². The lowest BCUT2D eigenvalue weighted by Crippen LogP contribution is -2.47. The van der Waals surface area contributed by atoms with Crippen LogP contribution in [0.25, 0.3) is 0 Å². The molecule has 120 valence electrons. The maximum atomic E-state index is 3.96. The average Bonchev–Trinajstić information content (AvgIpc) is 2.45. The molecule has 1 heterocycles. The highest BCUT2D eigenvalue weighted by Crippen LogP contribution is 2.21. The minimum atomic E-state index is 0.683. The van der Waals surface area contributed by atoms with Gasteiger partial charge in [-0.1, -0.05) is 40.0 Å². The van der Waals surface area contributed by atoms with Crippen LogP contribution >= 0.6 is 0 Å². The van der Waals surface area contributed by atoms with Crippen LogP contribution in [0.15, 0.2) is 0 Å². The highest BCUT2D eigenvalue weighted by molar-refractivity contribution is 4.82. The van der Waals surface area contributed by atoms with Crippen molar-refractivity contribution in [3.8, 4) is 0 Å². The number of nitrogens with zero attached hydrogens (tertiary/aromatic N) is 1. The molecule has 20 heavy (non-hydrogen) atoms. The molecule has 0 amide bonds. The smallest absolute Gasteiger partial charge is 0.00818 e. The van der Waals surface area contributed by atoms with Crippen LogP contribution in [0.1, 0.15) is 79.1 Å². The van der Waals surface area contributed by atoms with Gasteiger partial charge in [-0.2, -0.15) is 0 Å². The van der Waals surface area contributed by atoms with Crippen molar-refractivity contribution < 1.29 is 0 Å². The minimum Gasteiger partial charge on any atom is -0.311 e. The molecule has 3 unspecified atom stereocenters. The Morgan fingerprint density at radius 1 is 1.10 bits per heavy atom. The Morgan fingerprint density at radius 3 is 2.55 bits per heavy atom. The van der Waals surface area contributed by atoms with Crippen LogP contribution in [0.4, 0.5) is 0 Å². The second kappa shape index (κ2) is 10.6. The van der Waals surface area contributed by atoms with Crippen molar-refractivity contribution in [2.24, 2.45) is 5.92 Å². The summed E-state index contributed by atoms with van der Waals surface area (Å²) in [5.74, 6) is 0.858. The minimum absolute atomic E-state index is 0.683. The third-order valence-corrected chi connectivity index (χ3v) is 4.83. The topological polar surface area (TPSA) is 15.3 Å². The van der Waals surface area contributed by atoms with Crippen molar-refractivity contribution in [1.29, 1.82) is 0 Å². The first kappa shape index (κ1) is 18.0. The largest absolute Gasteiger partial charge is 0.311 e. The van der Waals surface area contributed by atoms with E-state index in [0.29, 0.717) is 6.04 Å². The molecule has 1 N–H and O–H groups in total. The molecule has 1 aliphatic heterocycles. The summed E-state index contributed by atoms with van der Waals surface area (Å²) < 4.78 is 0. The molecule has 1 aliphatic rings. The van der Waals surface area contributed by atoms with Gasteiger partial charge in [0.1, 0.15) is 0 Å². The average molecular weight is 283 g/mol. The molecule has 0 aromatic heterocycles. The van der Waals surface area contributed by atoms with Gasteiger partial charge in [0.15, 0.2) is 0 Å². The van der Waals surface area contributed by atoms with Crippen molar-refractivity contribution in [3.63, 3.8) is 0 Å². The van der Waals surface area contributed by atoms with Gasteiger partial charge in [0.05, 0.1) is 0 Å². The second-order valence-corrected chi connectivity index (χ2v) is 6.79. The van der Waals surface area contributed by atoms with Crippen LogP contribution in [0.5, 0.6) is 0 Å². The summed E-state index contributed by atoms with van der Waals surface area (Å²) in [6.45, 7) is 13.3. The number of piperidine rings is 1. The molecule has 0 bridgehead atoms. The van der Waals surface area contributed by atoms with E-state index in [-0.39, 0.29) is 0 Å². The molecule has 1 saturated heterocycles. The molecule has 0 aromatic carbocycles. The summed E-state index contributed by atoms with van der Waals surface area (Å²) >= 11 is 0. The van der Waals surface area contributed by atoms with Crippen LogP contribution in [-0.2, 0) is 0 Å². The Hall–Kier alpha value is -0.0800. The number of likely N-dealkylation sites (tertiary alicyclic amines) is 1. The van der Waals surface area contributed by atoms with Crippen molar-refractivity contribution >= 4 is 0 Å². The molecule has 2 nitrogen and oxygen atoms in total. The van der Waals surface area contributed by atoms with Crippen LogP contribution in [0.3, 0.4) is 0 Å². The van der Waals surface area contributed by atoms with Gasteiger partial charge in [0.2, 0.25) is 0 Å². The summed E-state index contributed by atoms with van der Waals surface area (Å²) in [5.41, 5.74) is 0. The van der Waals surface area contributed by atoms with Crippen LogP contribution in [0, 0.1) is 5.92 Å². The van der Waals surface area contributed by atoms with E-state index < -0.39 is 0 Å². The van der Waals surface area contributed by atoms with Crippen molar-refractivity contribution in [2.45, 2.75) is 91.1 Å². The number of hydrogen-bond acceptors (Lipinski definition) is 2. The molecule has 1 fully saturated rings. The van der Waals surface area contributed by atoms with E-state index in [2.05, 4.69) is 37.9 Å². The summed E-state index contributed by atoms with van der Waals surface area (Å²) in [6, 6.07) is 1.43. The maximum absolute atomic E-state index is 3.96. The molecular weight excluding hydrogens is 244 g/mol. The number of nitrogens with one attached hydrogen (secondary N) is 1. The molecule has 0 aliphatic carbocycles. The van der Waals surface area contributed by atoms with E-state index >= 15 is 0 Å². The quantitative estimate of drug-likeness (QED) is 0.637. The molecule has 3 atom stereocenters. The zero-order valence-corrected chi connectivity index (χ0v) is 14.5. The normalized spacial score (nSPS) is 23.7. The van der Waals surface area contributed by atoms with Crippen molar-refractivity contribution in [3.05, 3.63) is 0 Å². The summed E-state index contributed by atoms with van der Waals surface area (Å²) in [6.07, 6.45) is 10.8. The Morgan fingerprint density at radius 2 is 1.90 bits per heavy atom. The highest BCUT2D eigenvalue weighted by atomic mass is 15.1. The van der Waals surface area contributed by atoms with E-state index in [4.69, 9.17) is 0 Å². The van der Waals surface area contributed by atoms with Crippen LogP contribution in [-0.4, -0.2) is 36.6 Å². The number of hydrogen-bond donors (Lipinski definition) is 1. The molecule has 0 aromatic rings. The molecular formula is C18H38N2. The van der Waals surface area contributed by atoms with E-state index in [1.807, 2.05) is 0 Å². The predicted octanol–water partition coefficient (Wildman–Crippen LogP) is 4.45. The fraction of sp³-hybridized carbons (Fsp3) is 1.00. The van der Waals surface area contributed by atoms with Crippen molar-refractivity contribution in [1.82, 2.24) is 10.2 Å². The van der Waals surface area contributed by atoms with Gasteiger partial charge in [-0.25, -0.2) is 0 Å². The predicted molar refractivity (Wildman–Crippen MR) is 90.3 cm³/mol. The van der Waals surface area contributed by atoms with E-state index in [0.717, 1.165) is 12.0 Å². The fourth-order valence-electron chi connectivity index (χ4n) is 3.64. The summed E-state index contributed by atoms with van der Waals surface area (Å²) in [7, 11) is 0. The molecule has 0 spiro atoms. The molecule has 0 saturated carbocycles. The molecule has 2 heteroatoms. The lowest BCUT2D eigenvalue weighted by atomic mass is 9.90. The van der Waals surface area contributed by atoms with Crippen LogP contribution < -0.4 is 5.32 Å². The van der Waals surface area contributed by atoms with E-state index in [1.165, 1.54) is 71.0 Å². The number of unbranched alkanes of at least 4 members (excludes halogenated alkanes) is 1. The zero-order valence-electron chi connectivity index (χ0n) is 14.5. The van der Waals surface area contributed by atoms with Gasteiger partial charge >= 0.3 is 0 Å². The Kier molecular flexibility index (Phi) is 9.54. The first-order valence-corrected chi connectivity index (χ1v) is 9.19.